The third kappa shape index (κ3) is 3.12. The lowest BCUT2D eigenvalue weighted by molar-refractivity contribution is -0.116. The average Bonchev–Trinajstić information content (AvgIpc) is 2.74. The number of H-pyrrole nitrogens is 1. The molecule has 0 radical (unpaired) electrons. The molecule has 0 aliphatic carbocycles. The summed E-state index contributed by atoms with van der Waals surface area (Å²) in [6.45, 7) is 0.565. The third-order valence-electron chi connectivity index (χ3n) is 3.07. The lowest BCUT2D eigenvalue weighted by atomic mass is 10.1. The number of carbonyl (C=O) groups is 2. The Balaban J connectivity index is 2.48. The molecular weight excluding hydrogens is 274 g/mol. The fraction of sp³-hybridized carbons (Fsp3) is 0.231. The quantitative estimate of drug-likeness (QED) is 0.606. The average molecular weight is 291 g/mol. The molecule has 0 fully saturated rings. The van der Waals surface area contributed by atoms with Gasteiger partial charge in [0, 0.05) is 24.5 Å². The zero-order valence-electron chi connectivity index (χ0n) is 11.8. The Kier molecular flexibility index (Phi) is 4.10. The number of rotatable bonds is 5. The van der Waals surface area contributed by atoms with Crippen molar-refractivity contribution in [2.75, 3.05) is 19.5 Å². The number of urea groups is 1. The van der Waals surface area contributed by atoms with Crippen LogP contribution in [0.1, 0.15) is 15.9 Å². The summed E-state index contributed by atoms with van der Waals surface area (Å²) >= 11 is 0. The van der Waals surface area contributed by atoms with E-state index in [1.54, 1.807) is 25.3 Å². The molecule has 2 rings (SSSR count). The monoisotopic (exact) mass is 291 g/mol. The molecule has 1 heterocycles. The predicted molar refractivity (Wildman–Crippen MR) is 78.5 cm³/mol. The summed E-state index contributed by atoms with van der Waals surface area (Å²) in [5.74, 6) is -0.450. The van der Waals surface area contributed by atoms with Crippen molar-refractivity contribution in [3.63, 3.8) is 0 Å². The number of hydrogen-bond acceptors (Lipinski definition) is 4. The number of aromatic amines is 1. The minimum atomic E-state index is -0.775. The smallest absolute Gasteiger partial charge is 0.317 e. The highest BCUT2D eigenvalue weighted by atomic mass is 16.7. The number of nitrogens with two attached hydrogens (primary N) is 2. The Morgan fingerprint density at radius 1 is 1.38 bits per heavy atom. The van der Waals surface area contributed by atoms with Gasteiger partial charge < -0.3 is 21.3 Å². The lowest BCUT2D eigenvalue weighted by Gasteiger charge is -2.13. The molecule has 8 heteroatoms. The molecule has 2 aromatic rings. The van der Waals surface area contributed by atoms with Gasteiger partial charge in [0.1, 0.15) is 5.82 Å². The van der Waals surface area contributed by atoms with Crippen molar-refractivity contribution in [3.05, 3.63) is 29.3 Å². The van der Waals surface area contributed by atoms with E-state index in [9.17, 15) is 9.59 Å². The highest BCUT2D eigenvalue weighted by Crippen LogP contribution is 2.27. The van der Waals surface area contributed by atoms with E-state index in [0.29, 0.717) is 17.4 Å². The van der Waals surface area contributed by atoms with Crippen molar-refractivity contribution in [1.82, 2.24) is 10.0 Å². The number of anilines is 1. The molecule has 21 heavy (non-hydrogen) atoms. The normalized spacial score (nSPS) is 11.0. The van der Waals surface area contributed by atoms with E-state index >= 15 is 0 Å². The lowest BCUT2D eigenvalue weighted by Crippen LogP contribution is -2.22. The van der Waals surface area contributed by atoms with Gasteiger partial charge in [-0.1, -0.05) is 12.1 Å². The molecule has 112 valence electrons. The fourth-order valence-electron chi connectivity index (χ4n) is 2.14. The number of fused-ring (bicyclic) bond motifs is 1. The van der Waals surface area contributed by atoms with Crippen molar-refractivity contribution in [3.8, 4) is 0 Å². The first-order chi connectivity index (χ1) is 9.92. The van der Waals surface area contributed by atoms with Gasteiger partial charge in [0.2, 0.25) is 0 Å². The second-order valence-electron chi connectivity index (χ2n) is 4.58. The van der Waals surface area contributed by atoms with Gasteiger partial charge in [-0.25, -0.2) is 4.79 Å². The second-order valence-corrected chi connectivity index (χ2v) is 4.58. The Labute approximate surface area is 121 Å². The van der Waals surface area contributed by atoms with Crippen LogP contribution in [-0.2, 0) is 11.4 Å². The van der Waals surface area contributed by atoms with Crippen molar-refractivity contribution >= 4 is 28.7 Å². The minimum Gasteiger partial charge on any atom is -0.365 e. The van der Waals surface area contributed by atoms with Crippen LogP contribution in [0.4, 0.5) is 10.6 Å². The Bertz CT molecular complexity index is 694. The zero-order chi connectivity index (χ0) is 15.6. The van der Waals surface area contributed by atoms with Crippen LogP contribution in [0.3, 0.4) is 0 Å². The van der Waals surface area contributed by atoms with E-state index in [-0.39, 0.29) is 11.4 Å². The van der Waals surface area contributed by atoms with Gasteiger partial charge >= 0.3 is 6.03 Å². The number of amides is 3. The SMILES string of the molecule is CON(C)Cc1ccc2c(C(N)=O)c(NC(N)=O)[nH]c2c1. The molecule has 0 atom stereocenters. The summed E-state index contributed by atoms with van der Waals surface area (Å²) in [5.41, 5.74) is 12.3. The molecule has 0 aliphatic rings. The van der Waals surface area contributed by atoms with Gasteiger partial charge in [-0.2, -0.15) is 5.06 Å². The summed E-state index contributed by atoms with van der Waals surface area (Å²) in [6.07, 6.45) is 0. The van der Waals surface area contributed by atoms with E-state index in [4.69, 9.17) is 16.3 Å². The van der Waals surface area contributed by atoms with Crippen LogP contribution < -0.4 is 16.8 Å². The summed E-state index contributed by atoms with van der Waals surface area (Å²) < 4.78 is 0. The first kappa shape index (κ1) is 14.8. The molecule has 0 aliphatic heterocycles. The number of nitrogens with one attached hydrogen (secondary N) is 2. The maximum atomic E-state index is 11.6. The second kappa shape index (κ2) is 5.81. The Hall–Kier alpha value is -2.58. The summed E-state index contributed by atoms with van der Waals surface area (Å²) in [7, 11) is 3.38. The number of carbonyl (C=O) groups excluding carboxylic acids is 2. The van der Waals surface area contributed by atoms with Crippen LogP contribution in [0, 0.1) is 0 Å². The molecule has 0 spiro atoms. The molecule has 1 aromatic heterocycles. The molecule has 1 aromatic carbocycles. The first-order valence-electron chi connectivity index (χ1n) is 6.18. The number of primary amides is 2. The van der Waals surface area contributed by atoms with Crippen molar-refractivity contribution in [2.45, 2.75) is 6.54 Å². The third-order valence-corrected chi connectivity index (χ3v) is 3.07. The van der Waals surface area contributed by atoms with Gasteiger partial charge in [-0.05, 0) is 11.6 Å². The molecule has 8 nitrogen and oxygen atoms in total. The molecule has 0 bridgehead atoms. The number of benzene rings is 1. The molecule has 0 unspecified atom stereocenters. The predicted octanol–water partition coefficient (Wildman–Crippen LogP) is 0.751. The van der Waals surface area contributed by atoms with Gasteiger partial charge in [-0.15, -0.1) is 0 Å². The summed E-state index contributed by atoms with van der Waals surface area (Å²) in [5, 5.41) is 4.64. The van der Waals surface area contributed by atoms with E-state index in [1.165, 1.54) is 0 Å². The minimum absolute atomic E-state index is 0.197. The van der Waals surface area contributed by atoms with Gasteiger partial charge in [0.05, 0.1) is 12.7 Å². The maximum Gasteiger partial charge on any atom is 0.317 e. The molecule has 6 N–H and O–H groups in total. The number of hydrogen-bond donors (Lipinski definition) is 4. The van der Waals surface area contributed by atoms with Crippen LogP contribution in [-0.4, -0.2) is 36.1 Å². The highest BCUT2D eigenvalue weighted by Gasteiger charge is 2.17. The molecule has 0 saturated carbocycles. The molecule has 0 saturated heterocycles. The largest absolute Gasteiger partial charge is 0.365 e. The van der Waals surface area contributed by atoms with Crippen molar-refractivity contribution in [1.29, 1.82) is 0 Å². The Morgan fingerprint density at radius 2 is 2.10 bits per heavy atom. The van der Waals surface area contributed by atoms with Crippen molar-refractivity contribution < 1.29 is 14.4 Å². The van der Waals surface area contributed by atoms with Crippen molar-refractivity contribution in [2.24, 2.45) is 11.5 Å². The number of nitrogens with zero attached hydrogens (tertiary/aromatic N) is 1. The van der Waals surface area contributed by atoms with Crippen LogP contribution >= 0.6 is 0 Å². The fourth-order valence-corrected chi connectivity index (χ4v) is 2.14. The summed E-state index contributed by atoms with van der Waals surface area (Å²) in [6, 6.07) is 4.69. The first-order valence-corrected chi connectivity index (χ1v) is 6.18. The molecule has 3 amide bonds. The number of hydroxylamine groups is 2. The van der Waals surface area contributed by atoms with E-state index in [1.807, 2.05) is 12.1 Å². The van der Waals surface area contributed by atoms with Crippen LogP contribution in [0.25, 0.3) is 10.9 Å². The van der Waals surface area contributed by atoms with Gasteiger partial charge in [-0.3, -0.25) is 10.1 Å². The van der Waals surface area contributed by atoms with Gasteiger partial charge in [0.25, 0.3) is 5.91 Å². The summed E-state index contributed by atoms with van der Waals surface area (Å²) in [4.78, 5) is 30.6. The van der Waals surface area contributed by atoms with E-state index in [0.717, 1.165) is 5.56 Å². The van der Waals surface area contributed by atoms with Gasteiger partial charge in [0.15, 0.2) is 0 Å². The molecular formula is C13H17N5O3. The highest BCUT2D eigenvalue weighted by molar-refractivity contribution is 6.12. The Morgan fingerprint density at radius 3 is 2.67 bits per heavy atom. The van der Waals surface area contributed by atoms with Crippen LogP contribution in [0.2, 0.25) is 0 Å². The number of aromatic nitrogens is 1. The maximum absolute atomic E-state index is 11.6. The van der Waals surface area contributed by atoms with Crippen LogP contribution in [0.5, 0.6) is 0 Å². The topological polar surface area (TPSA) is 126 Å². The van der Waals surface area contributed by atoms with Crippen LogP contribution in [0.15, 0.2) is 18.2 Å². The standard InChI is InChI=1S/C13H17N5O3/c1-18(21-2)6-7-3-4-8-9(5-7)16-12(17-13(15)20)10(8)11(14)19/h3-5,16H,6H2,1-2H3,(H2,14,19)(H3,15,17,20). The zero-order valence-corrected chi connectivity index (χ0v) is 11.8. The van der Waals surface area contributed by atoms with E-state index in [2.05, 4.69) is 10.3 Å². The van der Waals surface area contributed by atoms with E-state index < -0.39 is 11.9 Å².